The predicted octanol–water partition coefficient (Wildman–Crippen LogP) is 1.86. The first-order valence-electron chi connectivity index (χ1n) is 3.20. The zero-order chi connectivity index (χ0) is 6.97. The molecule has 1 aromatic rings. The Morgan fingerprint density at radius 2 is 2.60 bits per heavy atom. The molecule has 0 aliphatic carbocycles. The van der Waals surface area contributed by atoms with Crippen LogP contribution in [-0.4, -0.2) is 12.9 Å². The summed E-state index contributed by atoms with van der Waals surface area (Å²) in [5, 5.41) is 5.37. The van der Waals surface area contributed by atoms with Crippen LogP contribution in [0.4, 0.5) is 5.69 Å². The largest absolute Gasteiger partial charge is 0.365 e. The summed E-state index contributed by atoms with van der Waals surface area (Å²) in [7, 11) is 0. The lowest BCUT2D eigenvalue weighted by Crippen LogP contribution is -2.05. The Morgan fingerprint density at radius 1 is 1.70 bits per heavy atom. The SMILES string of the molecule is Cc1csc2c1NCN=C2. The molecule has 0 aromatic carbocycles. The van der Waals surface area contributed by atoms with E-state index in [-0.39, 0.29) is 0 Å². The fraction of sp³-hybridized carbons (Fsp3) is 0.286. The molecule has 10 heavy (non-hydrogen) atoms. The Balaban J connectivity index is 2.57. The van der Waals surface area contributed by atoms with E-state index < -0.39 is 0 Å². The molecule has 0 amide bonds. The number of anilines is 1. The Bertz CT molecular complexity index is 275. The van der Waals surface area contributed by atoms with Crippen molar-refractivity contribution >= 4 is 23.2 Å². The van der Waals surface area contributed by atoms with Crippen molar-refractivity contribution in [3.05, 3.63) is 15.8 Å². The lowest BCUT2D eigenvalue weighted by molar-refractivity contribution is 1.13. The molecule has 0 saturated carbocycles. The summed E-state index contributed by atoms with van der Waals surface area (Å²) < 4.78 is 0. The molecule has 0 saturated heterocycles. The molecule has 2 nitrogen and oxygen atoms in total. The molecule has 0 spiro atoms. The molecular weight excluding hydrogens is 144 g/mol. The van der Waals surface area contributed by atoms with Crippen LogP contribution >= 0.6 is 11.3 Å². The van der Waals surface area contributed by atoms with Crippen LogP contribution in [0.25, 0.3) is 0 Å². The van der Waals surface area contributed by atoms with E-state index in [0.717, 1.165) is 6.67 Å². The third-order valence-electron chi connectivity index (χ3n) is 1.56. The van der Waals surface area contributed by atoms with Gasteiger partial charge in [0.1, 0.15) is 6.67 Å². The van der Waals surface area contributed by atoms with Gasteiger partial charge in [0.05, 0.1) is 10.6 Å². The van der Waals surface area contributed by atoms with E-state index >= 15 is 0 Å². The monoisotopic (exact) mass is 152 g/mol. The van der Waals surface area contributed by atoms with E-state index in [1.54, 1.807) is 11.3 Å². The van der Waals surface area contributed by atoms with Gasteiger partial charge in [-0.25, -0.2) is 0 Å². The van der Waals surface area contributed by atoms with Gasteiger partial charge in [0, 0.05) is 6.21 Å². The summed E-state index contributed by atoms with van der Waals surface area (Å²) in [6.07, 6.45) is 1.93. The van der Waals surface area contributed by atoms with Gasteiger partial charge in [0.2, 0.25) is 0 Å². The molecule has 3 heteroatoms. The molecule has 2 heterocycles. The van der Waals surface area contributed by atoms with Gasteiger partial charge in [0.25, 0.3) is 0 Å². The number of nitrogens with one attached hydrogen (secondary N) is 1. The lowest BCUT2D eigenvalue weighted by atomic mass is 10.2. The number of thiophene rings is 1. The van der Waals surface area contributed by atoms with Gasteiger partial charge < -0.3 is 5.32 Å². The second-order valence-electron chi connectivity index (χ2n) is 2.30. The fourth-order valence-corrected chi connectivity index (χ4v) is 1.95. The maximum Gasteiger partial charge on any atom is 0.107 e. The lowest BCUT2D eigenvalue weighted by Gasteiger charge is -2.07. The molecule has 1 aromatic heterocycles. The number of aryl methyl sites for hydroxylation is 1. The van der Waals surface area contributed by atoms with Crippen molar-refractivity contribution in [2.75, 3.05) is 12.0 Å². The van der Waals surface area contributed by atoms with Crippen molar-refractivity contribution in [3.8, 4) is 0 Å². The molecule has 0 unspecified atom stereocenters. The first-order chi connectivity index (χ1) is 4.88. The minimum atomic E-state index is 0.727. The Kier molecular flexibility index (Phi) is 1.24. The van der Waals surface area contributed by atoms with Crippen molar-refractivity contribution in [3.63, 3.8) is 0 Å². The number of hydrogen-bond acceptors (Lipinski definition) is 3. The van der Waals surface area contributed by atoms with Gasteiger partial charge in [-0.05, 0) is 17.9 Å². The minimum Gasteiger partial charge on any atom is -0.365 e. The highest BCUT2D eigenvalue weighted by molar-refractivity contribution is 7.12. The van der Waals surface area contributed by atoms with Crippen LogP contribution < -0.4 is 5.32 Å². The average Bonchev–Trinajstić information content (AvgIpc) is 2.34. The standard InChI is InChI=1S/C7H8N2S/c1-5-3-10-6-2-8-4-9-7(5)6/h2-3,9H,4H2,1H3. The fourth-order valence-electron chi connectivity index (χ4n) is 1.04. The summed E-state index contributed by atoms with van der Waals surface area (Å²) in [5.74, 6) is 0. The molecule has 2 rings (SSSR count). The average molecular weight is 152 g/mol. The molecule has 52 valence electrons. The topological polar surface area (TPSA) is 24.4 Å². The van der Waals surface area contributed by atoms with Crippen molar-refractivity contribution < 1.29 is 0 Å². The van der Waals surface area contributed by atoms with Crippen LogP contribution in [0.2, 0.25) is 0 Å². The molecular formula is C7H8N2S. The quantitative estimate of drug-likeness (QED) is 0.603. The van der Waals surface area contributed by atoms with Gasteiger partial charge in [0.15, 0.2) is 0 Å². The van der Waals surface area contributed by atoms with Crippen LogP contribution in [0, 0.1) is 6.92 Å². The smallest absolute Gasteiger partial charge is 0.107 e. The molecule has 1 aliphatic heterocycles. The van der Waals surface area contributed by atoms with E-state index in [1.165, 1.54) is 16.1 Å². The molecule has 0 fully saturated rings. The zero-order valence-corrected chi connectivity index (χ0v) is 6.53. The zero-order valence-electron chi connectivity index (χ0n) is 5.72. The van der Waals surface area contributed by atoms with E-state index in [1.807, 2.05) is 6.21 Å². The van der Waals surface area contributed by atoms with Crippen molar-refractivity contribution in [1.29, 1.82) is 0 Å². The number of fused-ring (bicyclic) bond motifs is 1. The van der Waals surface area contributed by atoms with Crippen LogP contribution in [0.3, 0.4) is 0 Å². The van der Waals surface area contributed by atoms with Crippen LogP contribution in [0.15, 0.2) is 10.4 Å². The second-order valence-corrected chi connectivity index (χ2v) is 3.22. The first-order valence-corrected chi connectivity index (χ1v) is 4.07. The highest BCUT2D eigenvalue weighted by Gasteiger charge is 2.07. The summed E-state index contributed by atoms with van der Waals surface area (Å²) in [5.41, 5.74) is 2.59. The van der Waals surface area contributed by atoms with Crippen LogP contribution in [0.1, 0.15) is 10.4 Å². The van der Waals surface area contributed by atoms with E-state index in [2.05, 4.69) is 22.6 Å². The van der Waals surface area contributed by atoms with E-state index in [9.17, 15) is 0 Å². The molecule has 1 N–H and O–H groups in total. The molecule has 0 atom stereocenters. The van der Waals surface area contributed by atoms with Crippen molar-refractivity contribution in [2.24, 2.45) is 4.99 Å². The van der Waals surface area contributed by atoms with E-state index in [0.29, 0.717) is 0 Å². The summed E-state index contributed by atoms with van der Waals surface area (Å²) >= 11 is 1.74. The number of nitrogens with zero attached hydrogens (tertiary/aromatic N) is 1. The maximum absolute atomic E-state index is 4.11. The van der Waals surface area contributed by atoms with Crippen molar-refractivity contribution in [1.82, 2.24) is 0 Å². The minimum absolute atomic E-state index is 0.727. The third-order valence-corrected chi connectivity index (χ3v) is 2.59. The molecule has 1 aliphatic rings. The van der Waals surface area contributed by atoms with Crippen LogP contribution in [0.5, 0.6) is 0 Å². The van der Waals surface area contributed by atoms with Gasteiger partial charge >= 0.3 is 0 Å². The van der Waals surface area contributed by atoms with Gasteiger partial charge in [-0.15, -0.1) is 11.3 Å². The van der Waals surface area contributed by atoms with Gasteiger partial charge in [-0.2, -0.15) is 0 Å². The van der Waals surface area contributed by atoms with E-state index in [4.69, 9.17) is 0 Å². The summed E-state index contributed by atoms with van der Waals surface area (Å²) in [6, 6.07) is 0. The van der Waals surface area contributed by atoms with Crippen LogP contribution in [-0.2, 0) is 0 Å². The Morgan fingerprint density at radius 3 is 3.40 bits per heavy atom. The normalized spacial score (nSPS) is 14.5. The van der Waals surface area contributed by atoms with Gasteiger partial charge in [-0.3, -0.25) is 4.99 Å². The highest BCUT2D eigenvalue weighted by atomic mass is 32.1. The van der Waals surface area contributed by atoms with Gasteiger partial charge in [-0.1, -0.05) is 0 Å². The summed E-state index contributed by atoms with van der Waals surface area (Å²) in [4.78, 5) is 5.36. The number of hydrogen-bond donors (Lipinski definition) is 1. The Hall–Kier alpha value is -0.830. The highest BCUT2D eigenvalue weighted by Crippen LogP contribution is 2.27. The first kappa shape index (κ1) is 5.92. The summed E-state index contributed by atoms with van der Waals surface area (Å²) in [6.45, 7) is 2.84. The number of aliphatic imine (C=N–C) groups is 1. The second kappa shape index (κ2) is 2.09. The Labute approximate surface area is 63.6 Å². The number of rotatable bonds is 0. The third kappa shape index (κ3) is 0.743. The maximum atomic E-state index is 4.11. The van der Waals surface area contributed by atoms with Crippen molar-refractivity contribution in [2.45, 2.75) is 6.92 Å². The predicted molar refractivity (Wildman–Crippen MR) is 45.1 cm³/mol. The molecule has 0 bridgehead atoms. The molecule has 0 radical (unpaired) electrons.